The predicted molar refractivity (Wildman–Crippen MR) is 567 cm³/mol. The number of oxazole rings is 6. The molecule has 674 valence electrons. The van der Waals surface area contributed by atoms with E-state index in [1.165, 1.54) is 61.4 Å². The first kappa shape index (κ1) is 79.8. The van der Waals surface area contributed by atoms with Crippen LogP contribution in [0.1, 0.15) is 0 Å². The topological polar surface area (TPSA) is 216 Å². The van der Waals surface area contributed by atoms with E-state index in [4.69, 9.17) is 79.8 Å². The van der Waals surface area contributed by atoms with E-state index in [2.05, 4.69) is 142 Å². The zero-order chi connectivity index (χ0) is 93.5. The lowest BCUT2D eigenvalue weighted by atomic mass is 10.0. The van der Waals surface area contributed by atoms with E-state index < -0.39 is 0 Å². The third-order valence-corrected chi connectivity index (χ3v) is 31.8. The summed E-state index contributed by atoms with van der Waals surface area (Å²) in [7, 11) is 1.69. The summed E-state index contributed by atoms with van der Waals surface area (Å²) in [5.74, 6) is 8.06. The summed E-state index contributed by atoms with van der Waals surface area (Å²) in [5.41, 5.74) is 24.7. The van der Waals surface area contributed by atoms with Crippen LogP contribution in [0.5, 0.6) is 40.2 Å². The Bertz CT molecular complexity index is 9760. The number of hydrogen-bond donors (Lipinski definition) is 0. The van der Waals surface area contributed by atoms with Crippen LogP contribution in [-0.4, -0.2) is 37.0 Å². The van der Waals surface area contributed by atoms with Crippen LogP contribution in [0.4, 0.5) is 51.2 Å². The van der Waals surface area contributed by atoms with E-state index in [1.807, 2.05) is 271 Å². The van der Waals surface area contributed by atoms with Crippen molar-refractivity contribution in [3.63, 3.8) is 0 Å². The van der Waals surface area contributed by atoms with Gasteiger partial charge in [-0.25, -0.2) is 29.9 Å². The van der Waals surface area contributed by atoms with Crippen LogP contribution >= 0.6 is 46.2 Å². The molecular formula is C119H63N9O11S4. The Hall–Kier alpha value is -18.2. The largest absolute Gasteiger partial charge is 0.495 e. The maximum Gasteiger partial charge on any atom is 0.227 e. The van der Waals surface area contributed by atoms with Gasteiger partial charge in [-0.15, -0.1) is 22.7 Å². The fourth-order valence-electron chi connectivity index (χ4n) is 20.4. The van der Waals surface area contributed by atoms with Gasteiger partial charge in [0.25, 0.3) is 0 Å². The number of para-hydroxylation sites is 13. The minimum Gasteiger partial charge on any atom is -0.495 e. The van der Waals surface area contributed by atoms with Gasteiger partial charge in [-0.2, -0.15) is 0 Å². The van der Waals surface area contributed by atoms with Crippen molar-refractivity contribution in [2.24, 2.45) is 0 Å². The summed E-state index contributed by atoms with van der Waals surface area (Å²) in [4.78, 5) is 40.2. The predicted octanol–water partition coefficient (Wildman–Crippen LogP) is 35.4. The van der Waals surface area contributed by atoms with Crippen LogP contribution in [0.2, 0.25) is 0 Å². The van der Waals surface area contributed by atoms with Crippen molar-refractivity contribution in [2.45, 2.75) is 19.6 Å². The number of ether oxygens (including phenoxy) is 4. The summed E-state index contributed by atoms with van der Waals surface area (Å²) < 4.78 is 74.7. The molecule has 0 radical (unpaired) electrons. The van der Waals surface area contributed by atoms with Gasteiger partial charge in [0.15, 0.2) is 73.6 Å². The average Bonchev–Trinajstić information content (AvgIpc) is 1.63. The highest BCUT2D eigenvalue weighted by Crippen LogP contribution is 2.67. The molecule has 20 nitrogen and oxygen atoms in total. The molecule has 28 aromatic rings. The molecule has 0 amide bonds. The molecule has 0 aliphatic carbocycles. The highest BCUT2D eigenvalue weighted by Gasteiger charge is 2.41. The van der Waals surface area contributed by atoms with E-state index in [-0.39, 0.29) is 0 Å². The first-order chi connectivity index (χ1) is 70.7. The second kappa shape index (κ2) is 30.9. The molecule has 0 bridgehead atoms. The quantitative estimate of drug-likeness (QED) is 0.138. The fraction of sp³-hybridized carbons (Fsp3) is 0.00840. The molecule has 19 aromatic carbocycles. The molecule has 5 aliphatic rings. The Balaban J connectivity index is 0.0000000983. The maximum absolute atomic E-state index is 6.95. The molecule has 9 aromatic heterocycles. The number of aromatic nitrogens is 6. The molecule has 0 saturated heterocycles. The lowest BCUT2D eigenvalue weighted by molar-refractivity contribution is 0.415. The average molecular weight is 1920 g/mol. The number of thiophene rings is 2. The Morgan fingerprint density at radius 1 is 0.252 bits per heavy atom. The summed E-state index contributed by atoms with van der Waals surface area (Å²) in [6, 6.07) is 123. The molecule has 14 heterocycles. The standard InChI is InChI=1S/C43H25N3O4S.C38H19N3O5.C38H19N3O2S3/c1-47-36-22-25(42-44-29-10-4-6-12-34(29)49-42)14-18-31(36)46-32-19-15-26(43-45-30-11-5-7-13-35(30)50-43)23-37(32)48-40-33(46)20-17-28-39-27-9-3-2-8-24(27)16-21-38(39)51-41(28)40;1-4-10-28-22(7-1)23-19-33-34-36(35(23)43-28)44-32-18-21(38-40-25-9-3-6-12-30(25)46-38)14-16-27(32)41(34)26-15-13-20(17-31(26)42-33)37-39-24-8-2-5-11-29(24)45-37;1-6-12-30-22(7-1)23-19-33-34-36(35(23)45-30)46-32-18-21(38-40-25-9-3-5-11-29(25)43-38)14-16-27(32)41(34)26-15-13-20(17-31(26)44-33)37-39-24-8-2-4-10-28(24)42-37/h2-23H,1H3;2*1-19H. The summed E-state index contributed by atoms with van der Waals surface area (Å²) in [5, 5.41) is 9.30. The van der Waals surface area contributed by atoms with E-state index in [0.29, 0.717) is 75.4 Å². The number of methoxy groups -OCH3 is 1. The molecule has 24 heteroatoms. The lowest BCUT2D eigenvalue weighted by Gasteiger charge is -2.38. The zero-order valence-corrected chi connectivity index (χ0v) is 78.1. The molecule has 33 rings (SSSR count). The Labute approximate surface area is 825 Å². The minimum absolute atomic E-state index is 0.520. The third-order valence-electron chi connectivity index (χ3n) is 27.0. The number of fused-ring (bicyclic) bond motifs is 30. The van der Waals surface area contributed by atoms with E-state index in [1.54, 1.807) is 18.4 Å². The fourth-order valence-corrected chi connectivity index (χ4v) is 25.4. The normalized spacial score (nSPS) is 13.0. The summed E-state index contributed by atoms with van der Waals surface area (Å²) in [6.45, 7) is 0. The molecule has 0 N–H and O–H groups in total. The van der Waals surface area contributed by atoms with Gasteiger partial charge >= 0.3 is 0 Å². The zero-order valence-electron chi connectivity index (χ0n) is 74.8. The van der Waals surface area contributed by atoms with Crippen molar-refractivity contribution in [1.29, 1.82) is 0 Å². The smallest absolute Gasteiger partial charge is 0.227 e. The van der Waals surface area contributed by atoms with Gasteiger partial charge in [-0.1, -0.05) is 169 Å². The SMILES string of the molecule is COc1cc(-c2nc3ccccc3o2)ccc1N1c2ccc(-c3nc4ccccc4o3)cc2Oc2c1ccc1c2sc2ccc3ccccc3c21.c1ccc2oc(-c3ccc4c(c3)Oc3cc5c(oc6ccccc65)c5c3N4c3ccc(-c4nc6ccccc6o4)cc3O5)nc2c1.c1ccc2oc(-c3ccc4c(c3)Sc3cc5c(sc6ccccc65)c5c3N4c3ccc(-c4nc6ccccc6o4)cc3S5)nc2c1. The van der Waals surface area contributed by atoms with Crippen molar-refractivity contribution in [3.8, 4) is 109 Å². The third kappa shape index (κ3) is 12.5. The highest BCUT2D eigenvalue weighted by molar-refractivity contribution is 8.01. The van der Waals surface area contributed by atoms with E-state index in [9.17, 15) is 0 Å². The van der Waals surface area contributed by atoms with Crippen molar-refractivity contribution < 1.29 is 49.9 Å². The van der Waals surface area contributed by atoms with Crippen LogP contribution in [0.15, 0.2) is 414 Å². The molecule has 0 unspecified atom stereocenters. The van der Waals surface area contributed by atoms with Gasteiger partial charge in [0.1, 0.15) is 50.1 Å². The highest BCUT2D eigenvalue weighted by atomic mass is 32.2. The Morgan fingerprint density at radius 2 is 0.664 bits per heavy atom. The van der Waals surface area contributed by atoms with Crippen molar-refractivity contribution >= 4 is 237 Å². The molecule has 0 atom stereocenters. The Morgan fingerprint density at radius 3 is 1.19 bits per heavy atom. The van der Waals surface area contributed by atoms with E-state index in [0.717, 1.165) is 183 Å². The molecule has 0 saturated carbocycles. The van der Waals surface area contributed by atoms with Gasteiger partial charge in [0.2, 0.25) is 35.3 Å². The molecule has 5 aliphatic heterocycles. The van der Waals surface area contributed by atoms with Crippen molar-refractivity contribution in [3.05, 3.63) is 364 Å². The number of benzene rings is 19. The summed E-state index contributed by atoms with van der Waals surface area (Å²) in [6.07, 6.45) is 0. The second-order valence-electron chi connectivity index (χ2n) is 35.3. The molecule has 143 heavy (non-hydrogen) atoms. The Kier molecular flexibility index (Phi) is 17.2. The molecule has 0 fully saturated rings. The number of hydrogen-bond acceptors (Lipinski definition) is 24. The van der Waals surface area contributed by atoms with Crippen LogP contribution in [0.25, 0.3) is 208 Å². The van der Waals surface area contributed by atoms with Crippen molar-refractivity contribution in [2.75, 3.05) is 21.8 Å². The maximum atomic E-state index is 6.95. The van der Waals surface area contributed by atoms with Gasteiger partial charge in [0.05, 0.1) is 66.9 Å². The van der Waals surface area contributed by atoms with Gasteiger partial charge in [0, 0.05) is 89.8 Å². The van der Waals surface area contributed by atoms with Gasteiger partial charge in [-0.05, 0) is 229 Å². The van der Waals surface area contributed by atoms with Crippen LogP contribution in [0.3, 0.4) is 0 Å². The van der Waals surface area contributed by atoms with Gasteiger partial charge in [-0.3, -0.25) is 9.80 Å². The number of rotatable bonds is 8. The van der Waals surface area contributed by atoms with E-state index >= 15 is 0 Å². The monoisotopic (exact) mass is 1920 g/mol. The van der Waals surface area contributed by atoms with Crippen LogP contribution in [0, 0.1) is 0 Å². The number of furan rings is 1. The van der Waals surface area contributed by atoms with Crippen LogP contribution in [-0.2, 0) is 0 Å². The number of anilines is 9. The first-order valence-corrected chi connectivity index (χ1v) is 49.6. The summed E-state index contributed by atoms with van der Waals surface area (Å²) >= 11 is 7.29. The van der Waals surface area contributed by atoms with Crippen molar-refractivity contribution in [1.82, 2.24) is 29.9 Å². The first-order valence-electron chi connectivity index (χ1n) is 46.4. The number of nitrogens with zero attached hydrogens (tertiary/aromatic N) is 9. The van der Waals surface area contributed by atoms with Gasteiger partial charge < -0.3 is 54.8 Å². The van der Waals surface area contributed by atoms with Crippen LogP contribution < -0.4 is 33.6 Å². The lowest BCUT2D eigenvalue weighted by Crippen LogP contribution is -2.20. The second-order valence-corrected chi connectivity index (χ2v) is 39.6. The minimum atomic E-state index is 0.520. The molecular weight excluding hydrogens is 1860 g/mol. The molecule has 0 spiro atoms.